The number of rotatable bonds is 2. The minimum absolute atomic E-state index is 0.125. The third-order valence-electron chi connectivity index (χ3n) is 2.26. The van der Waals surface area contributed by atoms with Crippen LogP contribution in [0.15, 0.2) is 24.2 Å². The van der Waals surface area contributed by atoms with E-state index in [9.17, 15) is 4.79 Å². The maximum atomic E-state index is 11.1. The van der Waals surface area contributed by atoms with Gasteiger partial charge < -0.3 is 4.57 Å². The van der Waals surface area contributed by atoms with E-state index in [1.807, 2.05) is 29.7 Å². The van der Waals surface area contributed by atoms with E-state index < -0.39 is 0 Å². The number of ketones is 1. The molecule has 1 aromatic heterocycles. The molecule has 0 unspecified atom stereocenters. The normalized spacial score (nSPS) is 13.3. The maximum Gasteiger partial charge on any atom is 0.149 e. The Morgan fingerprint density at radius 1 is 1.60 bits per heavy atom. The standard InChI is InChI=1S/C12H12N2O/c1-9-5-3-4-6-11-12(9)14(8-13-11)7-10(2)15/h3-4,6,8H,7H2,1-2H3. The summed E-state index contributed by atoms with van der Waals surface area (Å²) in [6.45, 7) is 3.92. The van der Waals surface area contributed by atoms with Crippen molar-refractivity contribution in [1.82, 2.24) is 9.55 Å². The fourth-order valence-electron chi connectivity index (χ4n) is 1.67. The molecule has 0 atom stereocenters. The molecule has 15 heavy (non-hydrogen) atoms. The molecule has 3 nitrogen and oxygen atoms in total. The van der Waals surface area contributed by atoms with Crippen molar-refractivity contribution in [2.75, 3.05) is 0 Å². The van der Waals surface area contributed by atoms with E-state index in [4.69, 9.17) is 0 Å². The highest BCUT2D eigenvalue weighted by molar-refractivity contribution is 5.77. The third kappa shape index (κ3) is 1.83. The maximum absolute atomic E-state index is 11.1. The molecule has 1 aliphatic rings. The lowest BCUT2D eigenvalue weighted by Gasteiger charge is -2.05. The van der Waals surface area contributed by atoms with Gasteiger partial charge in [-0.1, -0.05) is 6.08 Å². The second kappa shape index (κ2) is 3.71. The van der Waals surface area contributed by atoms with Gasteiger partial charge >= 0.3 is 0 Å². The van der Waals surface area contributed by atoms with Crippen LogP contribution >= 0.6 is 0 Å². The molecule has 0 radical (unpaired) electrons. The van der Waals surface area contributed by atoms with E-state index in [1.165, 1.54) is 0 Å². The smallest absolute Gasteiger partial charge is 0.149 e. The fraction of sp³-hybridized carbons (Fsp3) is 0.250. The van der Waals surface area contributed by atoms with Crippen LogP contribution in [0.2, 0.25) is 0 Å². The number of Topliss-reactive ketones (excluding diaryl/α,β-unsaturated/α-hetero) is 1. The first kappa shape index (κ1) is 9.69. The summed E-state index contributed by atoms with van der Waals surface area (Å²) in [5.74, 6) is 0.125. The molecule has 0 N–H and O–H groups in total. The van der Waals surface area contributed by atoms with Crippen molar-refractivity contribution in [3.8, 4) is 0 Å². The number of fused-ring (bicyclic) bond motifs is 1. The van der Waals surface area contributed by atoms with Gasteiger partial charge in [-0.25, -0.2) is 4.98 Å². The molecule has 0 fully saturated rings. The van der Waals surface area contributed by atoms with Gasteiger partial charge in [-0.15, -0.1) is 5.73 Å². The molecule has 3 heteroatoms. The van der Waals surface area contributed by atoms with Crippen LogP contribution in [0.4, 0.5) is 0 Å². The Labute approximate surface area is 88.4 Å². The van der Waals surface area contributed by atoms with Crippen molar-refractivity contribution in [3.63, 3.8) is 0 Å². The Bertz CT molecular complexity index is 500. The van der Waals surface area contributed by atoms with Crippen molar-refractivity contribution in [1.29, 1.82) is 0 Å². The minimum atomic E-state index is 0.125. The summed E-state index contributed by atoms with van der Waals surface area (Å²) in [7, 11) is 0. The second-order valence-electron chi connectivity index (χ2n) is 3.60. The number of allylic oxidation sites excluding steroid dienone is 2. The number of carbonyl (C=O) groups is 1. The van der Waals surface area contributed by atoms with Crippen LogP contribution in [-0.2, 0) is 11.3 Å². The number of carbonyl (C=O) groups excluding carboxylic acids is 1. The van der Waals surface area contributed by atoms with Crippen LogP contribution in [0.1, 0.15) is 25.2 Å². The molecule has 0 aromatic carbocycles. The molecular formula is C12H12N2O. The van der Waals surface area contributed by atoms with Gasteiger partial charge in [0.05, 0.1) is 24.3 Å². The van der Waals surface area contributed by atoms with Crippen LogP contribution < -0.4 is 0 Å². The molecule has 2 rings (SSSR count). The minimum Gasteiger partial charge on any atom is -0.322 e. The van der Waals surface area contributed by atoms with Crippen LogP contribution in [-0.4, -0.2) is 15.3 Å². The quantitative estimate of drug-likeness (QED) is 0.685. The summed E-state index contributed by atoms with van der Waals surface area (Å²) in [6.07, 6.45) is 7.39. The van der Waals surface area contributed by atoms with E-state index in [-0.39, 0.29) is 5.78 Å². The molecule has 76 valence electrons. The molecule has 0 spiro atoms. The molecule has 1 heterocycles. The van der Waals surface area contributed by atoms with Gasteiger partial charge in [-0.3, -0.25) is 4.79 Å². The van der Waals surface area contributed by atoms with Gasteiger partial charge in [0.1, 0.15) is 5.78 Å². The summed E-state index contributed by atoms with van der Waals surface area (Å²) in [6, 6.07) is 0. The van der Waals surface area contributed by atoms with Gasteiger partial charge in [0.2, 0.25) is 0 Å². The highest BCUT2D eigenvalue weighted by atomic mass is 16.1. The lowest BCUT2D eigenvalue weighted by molar-refractivity contribution is -0.117. The lowest BCUT2D eigenvalue weighted by atomic mass is 10.2. The Balaban J connectivity index is 2.54. The largest absolute Gasteiger partial charge is 0.322 e. The Morgan fingerprint density at radius 2 is 2.40 bits per heavy atom. The van der Waals surface area contributed by atoms with Crippen LogP contribution in [0.3, 0.4) is 0 Å². The summed E-state index contributed by atoms with van der Waals surface area (Å²) in [4.78, 5) is 15.3. The molecule has 1 aromatic rings. The zero-order valence-electron chi connectivity index (χ0n) is 8.82. The van der Waals surface area contributed by atoms with Gasteiger partial charge in [-0.2, -0.15) is 0 Å². The number of hydrogen-bond acceptors (Lipinski definition) is 2. The SMILES string of the molecule is CC(=O)Cn1cnc2c1C(C)=C=CC=C2. The first-order valence-corrected chi connectivity index (χ1v) is 4.83. The van der Waals surface area contributed by atoms with E-state index in [1.54, 1.807) is 13.3 Å². The fourth-order valence-corrected chi connectivity index (χ4v) is 1.67. The third-order valence-corrected chi connectivity index (χ3v) is 2.26. The van der Waals surface area contributed by atoms with E-state index in [2.05, 4.69) is 10.7 Å². The molecule has 0 saturated carbocycles. The van der Waals surface area contributed by atoms with Crippen molar-refractivity contribution < 1.29 is 4.79 Å². The van der Waals surface area contributed by atoms with Crippen LogP contribution in [0, 0.1) is 0 Å². The zero-order chi connectivity index (χ0) is 10.8. The van der Waals surface area contributed by atoms with Gasteiger partial charge in [0.15, 0.2) is 0 Å². The summed E-state index contributed by atoms with van der Waals surface area (Å²) >= 11 is 0. The monoisotopic (exact) mass is 200 g/mol. The van der Waals surface area contributed by atoms with Gasteiger partial charge in [0.25, 0.3) is 0 Å². The number of hydrogen-bond donors (Lipinski definition) is 0. The van der Waals surface area contributed by atoms with Crippen LogP contribution in [0.5, 0.6) is 0 Å². The topological polar surface area (TPSA) is 34.9 Å². The van der Waals surface area contributed by atoms with E-state index in [0.717, 1.165) is 17.0 Å². The summed E-state index contributed by atoms with van der Waals surface area (Å²) in [5.41, 5.74) is 6.02. The predicted octanol–water partition coefficient (Wildman–Crippen LogP) is 2.06. The average Bonchev–Trinajstić information content (AvgIpc) is 2.45. The summed E-state index contributed by atoms with van der Waals surface area (Å²) < 4.78 is 1.86. The number of nitrogens with zero attached hydrogens (tertiary/aromatic N) is 2. The Morgan fingerprint density at radius 3 is 3.13 bits per heavy atom. The second-order valence-corrected chi connectivity index (χ2v) is 3.60. The van der Waals surface area contributed by atoms with E-state index >= 15 is 0 Å². The van der Waals surface area contributed by atoms with Crippen molar-refractivity contribution >= 4 is 17.4 Å². The number of aromatic nitrogens is 2. The molecule has 0 amide bonds. The first-order valence-electron chi connectivity index (χ1n) is 4.83. The highest BCUT2D eigenvalue weighted by Gasteiger charge is 2.12. The van der Waals surface area contributed by atoms with Crippen molar-refractivity contribution in [3.05, 3.63) is 35.6 Å². The predicted molar refractivity (Wildman–Crippen MR) is 59.1 cm³/mol. The van der Waals surface area contributed by atoms with Crippen LogP contribution in [0.25, 0.3) is 11.6 Å². The van der Waals surface area contributed by atoms with Gasteiger partial charge in [0, 0.05) is 5.57 Å². The molecule has 0 saturated heterocycles. The Hall–Kier alpha value is -1.86. The summed E-state index contributed by atoms with van der Waals surface area (Å²) in [5, 5.41) is 0. The highest BCUT2D eigenvalue weighted by Crippen LogP contribution is 2.20. The molecule has 0 aliphatic heterocycles. The van der Waals surface area contributed by atoms with E-state index in [0.29, 0.717) is 6.54 Å². The molecular weight excluding hydrogens is 188 g/mol. The molecule has 0 bridgehead atoms. The van der Waals surface area contributed by atoms with Crippen molar-refractivity contribution in [2.45, 2.75) is 20.4 Å². The molecule has 1 aliphatic carbocycles. The number of imidazole rings is 1. The van der Waals surface area contributed by atoms with Crippen molar-refractivity contribution in [2.24, 2.45) is 0 Å². The lowest BCUT2D eigenvalue weighted by Crippen LogP contribution is -2.07. The first-order chi connectivity index (χ1) is 7.18. The average molecular weight is 200 g/mol. The van der Waals surface area contributed by atoms with Gasteiger partial charge in [-0.05, 0) is 26.0 Å². The zero-order valence-corrected chi connectivity index (χ0v) is 8.82. The Kier molecular flexibility index (Phi) is 2.40.